The van der Waals surface area contributed by atoms with Gasteiger partial charge in [-0.1, -0.05) is 56.7 Å². The Morgan fingerprint density at radius 2 is 1.50 bits per heavy atom. The third-order valence-electron chi connectivity index (χ3n) is 8.27. The molecule has 0 aliphatic carbocycles. The number of aryl methyl sites for hydroxylation is 1. The van der Waals surface area contributed by atoms with E-state index in [-0.39, 0.29) is 48.7 Å². The van der Waals surface area contributed by atoms with Crippen molar-refractivity contribution in [1.82, 2.24) is 21.3 Å². The molecule has 0 saturated carbocycles. The van der Waals surface area contributed by atoms with Crippen LogP contribution in [0.15, 0.2) is 42.5 Å². The lowest BCUT2D eigenvalue weighted by atomic mass is 10.0. The van der Waals surface area contributed by atoms with E-state index in [1.807, 2.05) is 50.4 Å². The molecule has 1 unspecified atom stereocenters. The number of halogens is 1. The number of thioether (sulfide) groups is 1. The molecule has 2 rings (SSSR count). The summed E-state index contributed by atoms with van der Waals surface area (Å²) in [5.74, 6) is -1.17. The second-order valence-electron chi connectivity index (χ2n) is 13.4. The van der Waals surface area contributed by atoms with Gasteiger partial charge in [0, 0.05) is 30.6 Å². The minimum absolute atomic E-state index is 0. The van der Waals surface area contributed by atoms with Gasteiger partial charge >= 0.3 is 12.1 Å². The molecule has 0 aliphatic heterocycles. The van der Waals surface area contributed by atoms with Gasteiger partial charge in [-0.2, -0.15) is 11.8 Å². The molecule has 15 nitrogen and oxygen atoms in total. The summed E-state index contributed by atoms with van der Waals surface area (Å²) in [7, 11) is 1.34. The summed E-state index contributed by atoms with van der Waals surface area (Å²) in [5, 5.41) is 14.1. The van der Waals surface area contributed by atoms with Crippen molar-refractivity contribution in [3.8, 4) is 5.75 Å². The van der Waals surface area contributed by atoms with E-state index in [1.54, 1.807) is 32.9 Å². The van der Waals surface area contributed by atoms with Gasteiger partial charge in [-0.05, 0) is 75.2 Å². The first kappa shape index (κ1) is 51.5. The lowest BCUT2D eigenvalue weighted by Crippen LogP contribution is -2.54. The van der Waals surface area contributed by atoms with Crippen LogP contribution in [-0.2, 0) is 39.9 Å². The van der Waals surface area contributed by atoms with Crippen LogP contribution < -0.4 is 31.3 Å². The number of unbranched alkanes of at least 4 members (excludes halogenated alkanes) is 2. The average molecular weight is 826 g/mol. The van der Waals surface area contributed by atoms with E-state index in [9.17, 15) is 28.8 Å². The summed E-state index contributed by atoms with van der Waals surface area (Å²) in [6.45, 7) is 9.21. The van der Waals surface area contributed by atoms with E-state index < -0.39 is 48.5 Å². The normalized spacial score (nSPS) is 12.0. The Balaban J connectivity index is 0.0000151. The highest BCUT2D eigenvalue weighted by Crippen LogP contribution is 2.30. The van der Waals surface area contributed by atoms with Gasteiger partial charge in [0.15, 0.2) is 0 Å². The Morgan fingerprint density at radius 3 is 2.14 bits per heavy atom. The summed E-state index contributed by atoms with van der Waals surface area (Å²) in [6.07, 6.45) is 3.94. The third kappa shape index (κ3) is 19.4. The minimum atomic E-state index is -0.932. The number of carbonyl (C=O) groups excluding carboxylic acids is 6. The largest absolute Gasteiger partial charge is 0.513 e. The van der Waals surface area contributed by atoms with Crippen molar-refractivity contribution in [1.29, 1.82) is 0 Å². The molecule has 2 aromatic rings. The summed E-state index contributed by atoms with van der Waals surface area (Å²) in [6, 6.07) is 10.2. The molecule has 0 aromatic heterocycles. The first-order chi connectivity index (χ1) is 25.7. The maximum Gasteiger partial charge on any atom is 0.513 e. The van der Waals surface area contributed by atoms with Crippen LogP contribution in [0.3, 0.4) is 0 Å². The average Bonchev–Trinajstić information content (AvgIpc) is 3.15. The van der Waals surface area contributed by atoms with Gasteiger partial charge in [-0.15, -0.1) is 12.4 Å². The van der Waals surface area contributed by atoms with Crippen LogP contribution in [0.25, 0.3) is 0 Å². The van der Waals surface area contributed by atoms with Crippen LogP contribution in [0.4, 0.5) is 10.5 Å². The molecule has 7 N–H and O–H groups in total. The van der Waals surface area contributed by atoms with E-state index in [4.69, 9.17) is 9.47 Å². The van der Waals surface area contributed by atoms with Crippen LogP contribution in [0.5, 0.6) is 5.75 Å². The molecule has 17 heteroatoms. The molecule has 56 heavy (non-hydrogen) atoms. The number of rotatable bonds is 23. The van der Waals surface area contributed by atoms with E-state index >= 15 is 0 Å². The summed E-state index contributed by atoms with van der Waals surface area (Å²) < 4.78 is 15.3. The fourth-order valence-electron chi connectivity index (χ4n) is 5.19. The van der Waals surface area contributed by atoms with E-state index in [0.29, 0.717) is 60.5 Å². The number of benzene rings is 2. The predicted octanol–water partition coefficient (Wildman–Crippen LogP) is 3.80. The van der Waals surface area contributed by atoms with Crippen LogP contribution in [-0.4, -0.2) is 98.2 Å². The molecular weight excluding hydrogens is 766 g/mol. The van der Waals surface area contributed by atoms with Crippen molar-refractivity contribution in [3.05, 3.63) is 59.2 Å². The summed E-state index contributed by atoms with van der Waals surface area (Å²) >= 11 is 1.51. The second kappa shape index (κ2) is 27.9. The van der Waals surface area contributed by atoms with Gasteiger partial charge in [0.1, 0.15) is 23.9 Å². The zero-order chi connectivity index (χ0) is 40.0. The Bertz CT molecular complexity index is 1550. The van der Waals surface area contributed by atoms with Crippen LogP contribution in [0, 0.1) is 19.8 Å². The Labute approximate surface area is 340 Å². The highest BCUT2D eigenvalue weighted by atomic mass is 35.5. The van der Waals surface area contributed by atoms with Gasteiger partial charge < -0.3 is 46.3 Å². The molecule has 3 atom stereocenters. The standard InChI is InChI=1S/C39H57N5O9S.ClH.H2O/c1-25(2)24-52-39(50)53-35-26(3)17-18-30(27(35)4)42-28(5)36(47)44-31(19-21-54-7)37(48)41-23-33(45)43-32(22-29-14-10-8-11-15-29)38(49)40-20-13-9-12-16-34(46)51-6;;/h8,10-11,14-15,17-18,25,28,31-32,42H,9,12-13,16,19-24H2,1-7H3,(H,40,49)(H,41,48)(H,43,45)(H,44,47);1H;1H2/t28?,31-,32+;;/m1../s1. The smallest absolute Gasteiger partial charge is 0.469 e. The molecule has 2 aromatic carbocycles. The Morgan fingerprint density at radius 1 is 0.821 bits per heavy atom. The number of carbonyl (C=O) groups is 6. The Kier molecular flexibility index (Phi) is 25.7. The van der Waals surface area contributed by atoms with Crippen molar-refractivity contribution in [2.24, 2.45) is 5.92 Å². The lowest BCUT2D eigenvalue weighted by molar-refractivity contribution is -0.140. The number of nitrogens with one attached hydrogen (secondary N) is 5. The molecule has 0 spiro atoms. The Hall–Kier alpha value is -4.54. The number of hydrogen-bond donors (Lipinski definition) is 5. The maximum absolute atomic E-state index is 13.3. The zero-order valence-corrected chi connectivity index (χ0v) is 35.0. The predicted molar refractivity (Wildman–Crippen MR) is 220 cm³/mol. The monoisotopic (exact) mass is 825 g/mol. The van der Waals surface area contributed by atoms with E-state index in [0.717, 1.165) is 12.0 Å². The summed E-state index contributed by atoms with van der Waals surface area (Å²) in [5.41, 5.74) is 2.72. The van der Waals surface area contributed by atoms with Crippen LogP contribution >= 0.6 is 24.2 Å². The molecule has 0 fully saturated rings. The topological polar surface area (TPSA) is 222 Å². The number of anilines is 1. The van der Waals surface area contributed by atoms with Crippen molar-refractivity contribution in [2.45, 2.75) is 91.3 Å². The van der Waals surface area contributed by atoms with Crippen molar-refractivity contribution in [3.63, 3.8) is 0 Å². The number of ether oxygens (including phenoxy) is 3. The summed E-state index contributed by atoms with van der Waals surface area (Å²) in [4.78, 5) is 76.4. The van der Waals surface area contributed by atoms with Crippen LogP contribution in [0.1, 0.15) is 69.6 Å². The van der Waals surface area contributed by atoms with Gasteiger partial charge in [-0.25, -0.2) is 4.79 Å². The number of esters is 1. The first-order valence-corrected chi connectivity index (χ1v) is 19.6. The van der Waals surface area contributed by atoms with Gasteiger partial charge in [0.2, 0.25) is 23.6 Å². The maximum atomic E-state index is 13.3. The molecule has 0 saturated heterocycles. The molecule has 0 heterocycles. The SMILES string of the molecule is COC(=O)CCCCCNC(=O)[C@H](Cc1ccccc1)NC(=O)CNC(=O)[C@@H](CCSC)NC(=O)C(C)Nc1ccc(C)c(OC(=O)OCC(C)C)c1C.Cl.O. The van der Waals surface area contributed by atoms with E-state index in [1.165, 1.54) is 18.9 Å². The zero-order valence-electron chi connectivity index (χ0n) is 33.4. The molecule has 0 aliphatic rings. The molecule has 314 valence electrons. The van der Waals surface area contributed by atoms with Crippen LogP contribution in [0.2, 0.25) is 0 Å². The highest BCUT2D eigenvalue weighted by molar-refractivity contribution is 7.98. The number of hydrogen-bond acceptors (Lipinski definition) is 11. The first-order valence-electron chi connectivity index (χ1n) is 18.2. The second-order valence-corrected chi connectivity index (χ2v) is 14.3. The molecule has 4 amide bonds. The lowest BCUT2D eigenvalue weighted by Gasteiger charge is -2.23. The van der Waals surface area contributed by atoms with Gasteiger partial charge in [-0.3, -0.25) is 24.0 Å². The fraction of sp³-hybridized carbons (Fsp3) is 0.538. The molecule has 0 bridgehead atoms. The van der Waals surface area contributed by atoms with Crippen molar-refractivity contribution in [2.75, 3.05) is 44.1 Å². The number of amides is 4. The fourth-order valence-corrected chi connectivity index (χ4v) is 5.66. The third-order valence-corrected chi connectivity index (χ3v) is 8.92. The quantitative estimate of drug-likeness (QED) is 0.0616. The van der Waals surface area contributed by atoms with Gasteiger partial charge in [0.25, 0.3) is 0 Å². The van der Waals surface area contributed by atoms with Gasteiger partial charge in [0.05, 0.1) is 20.3 Å². The minimum Gasteiger partial charge on any atom is -0.469 e. The highest BCUT2D eigenvalue weighted by Gasteiger charge is 2.26. The molecular formula is C39H60ClN5O10S. The van der Waals surface area contributed by atoms with Crippen molar-refractivity contribution < 1.29 is 48.5 Å². The van der Waals surface area contributed by atoms with E-state index in [2.05, 4.69) is 31.3 Å². The number of methoxy groups -OCH3 is 1. The molecule has 0 radical (unpaired) electrons. The van der Waals surface area contributed by atoms with Crippen molar-refractivity contribution >= 4 is 65.6 Å².